The molecule has 0 radical (unpaired) electrons. The fourth-order valence-corrected chi connectivity index (χ4v) is 3.79. The molecule has 3 rings (SSSR count). The fraction of sp³-hybridized carbons (Fsp3) is 0.632. The van der Waals surface area contributed by atoms with Gasteiger partial charge in [0.15, 0.2) is 0 Å². The number of rotatable bonds is 3. The zero-order chi connectivity index (χ0) is 22.0. The van der Waals surface area contributed by atoms with Crippen molar-refractivity contribution in [3.8, 4) is 0 Å². The molecule has 2 heterocycles. The third kappa shape index (κ3) is 5.57. The maximum Gasteiger partial charge on any atom is 0.434 e. The summed E-state index contributed by atoms with van der Waals surface area (Å²) in [6.07, 6.45) is -16.6. The Morgan fingerprint density at radius 3 is 2.20 bits per heavy atom. The molecule has 0 atom stereocenters. The molecule has 5 nitrogen and oxygen atoms in total. The largest absolute Gasteiger partial charge is 0.434 e. The second-order valence-electron chi connectivity index (χ2n) is 7.56. The number of carbonyl (C=O) groups is 1. The second-order valence-corrected chi connectivity index (χ2v) is 7.56. The van der Waals surface area contributed by atoms with E-state index < -0.39 is 30.2 Å². The number of hydrogen-bond acceptors (Lipinski definition) is 4. The zero-order valence-electron chi connectivity index (χ0n) is 16.0. The van der Waals surface area contributed by atoms with Gasteiger partial charge in [-0.1, -0.05) is 30.3 Å². The predicted octanol–water partition coefficient (Wildman–Crippen LogP) is 3.98. The summed E-state index contributed by atoms with van der Waals surface area (Å²) in [6, 6.07) is 9.79. The summed E-state index contributed by atoms with van der Waals surface area (Å²) in [5.74, 6) is 0. The van der Waals surface area contributed by atoms with Gasteiger partial charge in [0.1, 0.15) is 0 Å². The summed E-state index contributed by atoms with van der Waals surface area (Å²) < 4.78 is 85.4. The van der Waals surface area contributed by atoms with E-state index in [4.69, 9.17) is 4.74 Å². The molecule has 0 unspecified atom stereocenters. The quantitative estimate of drug-likeness (QED) is 0.667. The molecule has 2 saturated heterocycles. The number of halogens is 6. The van der Waals surface area contributed by atoms with Crippen molar-refractivity contribution in [3.05, 3.63) is 35.9 Å². The van der Waals surface area contributed by atoms with Gasteiger partial charge in [-0.3, -0.25) is 4.90 Å². The van der Waals surface area contributed by atoms with E-state index in [1.807, 2.05) is 30.3 Å². The van der Waals surface area contributed by atoms with Crippen LogP contribution < -0.4 is 0 Å². The number of ether oxygens (including phenoxy) is 2. The van der Waals surface area contributed by atoms with Crippen molar-refractivity contribution in [1.29, 1.82) is 0 Å². The molecule has 1 spiro atoms. The average molecular weight is 440 g/mol. The van der Waals surface area contributed by atoms with Gasteiger partial charge >= 0.3 is 18.4 Å². The molecule has 0 aliphatic carbocycles. The van der Waals surface area contributed by atoms with Crippen molar-refractivity contribution in [2.24, 2.45) is 0 Å². The van der Waals surface area contributed by atoms with Crippen LogP contribution in [0.4, 0.5) is 31.1 Å². The number of alkyl halides is 6. The van der Waals surface area contributed by atoms with Gasteiger partial charge in [0.05, 0.1) is 12.2 Å². The van der Waals surface area contributed by atoms with Crippen LogP contribution in [0.25, 0.3) is 0 Å². The molecule has 1 aromatic rings. The van der Waals surface area contributed by atoms with Gasteiger partial charge in [0.25, 0.3) is 6.10 Å². The molecular formula is C19H22F6N2O3. The van der Waals surface area contributed by atoms with Crippen LogP contribution in [0.5, 0.6) is 0 Å². The van der Waals surface area contributed by atoms with Crippen molar-refractivity contribution in [2.45, 2.75) is 43.4 Å². The lowest BCUT2D eigenvalue weighted by molar-refractivity contribution is -0.308. The molecular weight excluding hydrogens is 418 g/mol. The van der Waals surface area contributed by atoms with Gasteiger partial charge < -0.3 is 14.4 Å². The van der Waals surface area contributed by atoms with Crippen LogP contribution in [0.3, 0.4) is 0 Å². The first-order chi connectivity index (χ1) is 14.0. The lowest BCUT2D eigenvalue weighted by Gasteiger charge is -2.47. The third-order valence-electron chi connectivity index (χ3n) is 5.32. The normalized spacial score (nSPS) is 20.6. The number of nitrogens with zero attached hydrogens (tertiary/aromatic N) is 2. The summed E-state index contributed by atoms with van der Waals surface area (Å²) in [5, 5.41) is 0. The fourth-order valence-electron chi connectivity index (χ4n) is 3.79. The topological polar surface area (TPSA) is 42.0 Å². The number of carbonyl (C=O) groups excluding carboxylic acids is 1. The van der Waals surface area contributed by atoms with Gasteiger partial charge in [-0.2, -0.15) is 26.3 Å². The zero-order valence-corrected chi connectivity index (χ0v) is 16.0. The maximum absolute atomic E-state index is 12.6. The molecule has 0 N–H and O–H groups in total. The highest BCUT2D eigenvalue weighted by molar-refractivity contribution is 5.68. The molecule has 2 aliphatic heterocycles. The van der Waals surface area contributed by atoms with E-state index in [2.05, 4.69) is 9.64 Å². The summed E-state index contributed by atoms with van der Waals surface area (Å²) in [4.78, 5) is 15.0. The first-order valence-electron chi connectivity index (χ1n) is 9.48. The van der Waals surface area contributed by atoms with Crippen LogP contribution in [0, 0.1) is 0 Å². The van der Waals surface area contributed by atoms with Gasteiger partial charge in [0.2, 0.25) is 0 Å². The molecule has 0 bridgehead atoms. The van der Waals surface area contributed by atoms with Gasteiger partial charge in [-0.25, -0.2) is 4.79 Å². The summed E-state index contributed by atoms with van der Waals surface area (Å²) in [7, 11) is 0. The summed E-state index contributed by atoms with van der Waals surface area (Å²) >= 11 is 0. The first kappa shape index (κ1) is 22.7. The minimum atomic E-state index is -5.73. The molecule has 1 aromatic carbocycles. The maximum atomic E-state index is 12.6. The Morgan fingerprint density at radius 2 is 1.63 bits per heavy atom. The minimum Gasteiger partial charge on any atom is -0.426 e. The van der Waals surface area contributed by atoms with Crippen molar-refractivity contribution < 1.29 is 40.6 Å². The molecule has 11 heteroatoms. The second kappa shape index (κ2) is 8.62. The van der Waals surface area contributed by atoms with Crippen LogP contribution >= 0.6 is 0 Å². The van der Waals surface area contributed by atoms with Crippen LogP contribution in [0.1, 0.15) is 18.4 Å². The Hall–Kier alpha value is -2.01. The van der Waals surface area contributed by atoms with E-state index in [0.717, 1.165) is 10.5 Å². The number of piperidine rings is 1. The Balaban J connectivity index is 1.56. The minimum absolute atomic E-state index is 0.0412. The van der Waals surface area contributed by atoms with E-state index in [1.54, 1.807) is 0 Å². The molecule has 30 heavy (non-hydrogen) atoms. The molecule has 168 valence electrons. The van der Waals surface area contributed by atoms with E-state index in [-0.39, 0.29) is 13.1 Å². The number of likely N-dealkylation sites (tertiary alicyclic amines) is 1. The third-order valence-corrected chi connectivity index (χ3v) is 5.32. The molecule has 0 saturated carbocycles. The highest BCUT2D eigenvalue weighted by Gasteiger charge is 2.60. The molecule has 2 fully saturated rings. The Kier molecular flexibility index (Phi) is 6.51. The average Bonchev–Trinajstić information content (AvgIpc) is 2.66. The number of benzene rings is 1. The van der Waals surface area contributed by atoms with Crippen LogP contribution in [0.15, 0.2) is 30.3 Å². The highest BCUT2D eigenvalue weighted by Crippen LogP contribution is 2.37. The van der Waals surface area contributed by atoms with Gasteiger partial charge in [0, 0.05) is 32.7 Å². The summed E-state index contributed by atoms with van der Waals surface area (Å²) in [6.45, 7) is 2.36. The molecule has 0 aromatic heterocycles. The number of morpholine rings is 1. The lowest BCUT2D eigenvalue weighted by atomic mass is 9.89. The smallest absolute Gasteiger partial charge is 0.426 e. The number of amides is 1. The van der Waals surface area contributed by atoms with Gasteiger partial charge in [-0.05, 0) is 18.4 Å². The van der Waals surface area contributed by atoms with Crippen LogP contribution in [-0.4, -0.2) is 72.7 Å². The van der Waals surface area contributed by atoms with E-state index in [0.29, 0.717) is 39.1 Å². The Morgan fingerprint density at radius 1 is 1.03 bits per heavy atom. The molecule has 2 aliphatic rings. The summed E-state index contributed by atoms with van der Waals surface area (Å²) in [5.41, 5.74) is 0.540. The van der Waals surface area contributed by atoms with Crippen molar-refractivity contribution in [1.82, 2.24) is 9.80 Å². The van der Waals surface area contributed by atoms with E-state index in [1.165, 1.54) is 0 Å². The Labute approximate surface area is 169 Å². The van der Waals surface area contributed by atoms with Crippen LogP contribution in [0.2, 0.25) is 0 Å². The monoisotopic (exact) mass is 440 g/mol. The predicted molar refractivity (Wildman–Crippen MR) is 93.6 cm³/mol. The van der Waals surface area contributed by atoms with Crippen molar-refractivity contribution in [2.75, 3.05) is 32.8 Å². The lowest BCUT2D eigenvalue weighted by Crippen LogP contribution is -2.58. The van der Waals surface area contributed by atoms with Crippen molar-refractivity contribution in [3.63, 3.8) is 0 Å². The standard InChI is InChI=1S/C19H22F6N2O3/c20-18(21,22)15(19(23,24)25)30-16(28)27-8-6-17(7-9-27)13-26(10-11-29-17)12-14-4-2-1-3-5-14/h1-5,15H,6-13H2. The van der Waals surface area contributed by atoms with Crippen molar-refractivity contribution >= 4 is 6.09 Å². The van der Waals surface area contributed by atoms with Crippen LogP contribution in [-0.2, 0) is 16.0 Å². The SMILES string of the molecule is O=C(OC(C(F)(F)F)C(F)(F)F)N1CCC2(CC1)CN(Cc1ccccc1)CCO2. The van der Waals surface area contributed by atoms with Gasteiger partial charge in [-0.15, -0.1) is 0 Å². The highest BCUT2D eigenvalue weighted by atomic mass is 19.4. The van der Waals surface area contributed by atoms with E-state index >= 15 is 0 Å². The number of hydrogen-bond donors (Lipinski definition) is 0. The Bertz CT molecular complexity index is 703. The first-order valence-corrected chi connectivity index (χ1v) is 9.48. The molecule has 1 amide bonds. The van der Waals surface area contributed by atoms with E-state index in [9.17, 15) is 31.1 Å².